The largest absolute Gasteiger partial charge is 0.478 e. The van der Waals surface area contributed by atoms with Gasteiger partial charge in [-0.2, -0.15) is 0 Å². The van der Waals surface area contributed by atoms with Gasteiger partial charge in [-0.05, 0) is 17.2 Å². The maximum absolute atomic E-state index is 11.3. The Hall–Kier alpha value is -2.89. The third kappa shape index (κ3) is 2.31. The van der Waals surface area contributed by atoms with Crippen LogP contribution in [0, 0.1) is 10.1 Å². The van der Waals surface area contributed by atoms with Gasteiger partial charge in [0, 0.05) is 25.2 Å². The van der Waals surface area contributed by atoms with E-state index < -0.39 is 10.9 Å². The van der Waals surface area contributed by atoms with Crippen molar-refractivity contribution in [2.45, 2.75) is 13.1 Å². The lowest BCUT2D eigenvalue weighted by Crippen LogP contribution is -2.18. The van der Waals surface area contributed by atoms with Gasteiger partial charge in [0.25, 0.3) is 5.69 Å². The first-order chi connectivity index (χ1) is 10.1. The molecule has 1 heterocycles. The zero-order valence-corrected chi connectivity index (χ0v) is 11.0. The summed E-state index contributed by atoms with van der Waals surface area (Å²) < 4.78 is 0. The Morgan fingerprint density at radius 2 is 1.76 bits per heavy atom. The summed E-state index contributed by atoms with van der Waals surface area (Å²) in [5.74, 6) is -1.09. The predicted molar refractivity (Wildman–Crippen MR) is 76.4 cm³/mol. The fraction of sp³-hybridized carbons (Fsp3) is 0.133. The van der Waals surface area contributed by atoms with Crippen molar-refractivity contribution in [2.24, 2.45) is 0 Å². The van der Waals surface area contributed by atoms with E-state index in [0.29, 0.717) is 18.8 Å². The molecule has 2 aromatic rings. The summed E-state index contributed by atoms with van der Waals surface area (Å²) in [4.78, 5) is 23.6. The summed E-state index contributed by atoms with van der Waals surface area (Å²) in [5, 5.41) is 20.2. The van der Waals surface area contributed by atoms with E-state index in [1.54, 1.807) is 0 Å². The Morgan fingerprint density at radius 3 is 2.29 bits per heavy atom. The van der Waals surface area contributed by atoms with Gasteiger partial charge in [0.2, 0.25) is 0 Å². The number of benzene rings is 2. The lowest BCUT2D eigenvalue weighted by molar-refractivity contribution is -0.384. The quantitative estimate of drug-likeness (QED) is 0.692. The van der Waals surface area contributed by atoms with E-state index in [1.165, 1.54) is 18.2 Å². The molecule has 0 radical (unpaired) electrons. The van der Waals surface area contributed by atoms with Crippen LogP contribution in [0.15, 0.2) is 42.5 Å². The van der Waals surface area contributed by atoms with Gasteiger partial charge in [0.1, 0.15) is 0 Å². The standard InChI is InChI=1S/C15H12N2O4/c18-15(19)13-6-5-12(17(20)21)7-14(13)16-8-10-3-1-2-4-11(10)9-16/h1-7H,8-9H2,(H,18,19). The highest BCUT2D eigenvalue weighted by Crippen LogP contribution is 2.33. The molecule has 106 valence electrons. The smallest absolute Gasteiger partial charge is 0.337 e. The number of carboxylic acids is 1. The highest BCUT2D eigenvalue weighted by Gasteiger charge is 2.24. The van der Waals surface area contributed by atoms with Gasteiger partial charge in [-0.15, -0.1) is 0 Å². The van der Waals surface area contributed by atoms with Crippen molar-refractivity contribution in [3.05, 3.63) is 69.3 Å². The topological polar surface area (TPSA) is 83.7 Å². The van der Waals surface area contributed by atoms with Crippen molar-refractivity contribution in [3.8, 4) is 0 Å². The zero-order valence-electron chi connectivity index (χ0n) is 11.0. The molecular weight excluding hydrogens is 272 g/mol. The summed E-state index contributed by atoms with van der Waals surface area (Å²) >= 11 is 0. The number of hydrogen-bond acceptors (Lipinski definition) is 4. The number of hydrogen-bond donors (Lipinski definition) is 1. The van der Waals surface area contributed by atoms with Crippen LogP contribution in [-0.2, 0) is 13.1 Å². The zero-order chi connectivity index (χ0) is 15.0. The van der Waals surface area contributed by atoms with Crippen LogP contribution in [-0.4, -0.2) is 16.0 Å². The Morgan fingerprint density at radius 1 is 1.14 bits per heavy atom. The molecule has 0 atom stereocenters. The third-order valence-electron chi connectivity index (χ3n) is 3.60. The van der Waals surface area contributed by atoms with Crippen LogP contribution >= 0.6 is 0 Å². The van der Waals surface area contributed by atoms with E-state index >= 15 is 0 Å². The van der Waals surface area contributed by atoms with E-state index in [1.807, 2.05) is 29.2 Å². The molecule has 0 spiro atoms. The molecule has 1 aliphatic heterocycles. The van der Waals surface area contributed by atoms with Crippen LogP contribution < -0.4 is 4.90 Å². The Balaban J connectivity index is 2.04. The van der Waals surface area contributed by atoms with E-state index in [9.17, 15) is 20.0 Å². The molecular formula is C15H12N2O4. The first-order valence-corrected chi connectivity index (χ1v) is 6.40. The fourth-order valence-corrected chi connectivity index (χ4v) is 2.58. The lowest BCUT2D eigenvalue weighted by Gasteiger charge is -2.19. The normalized spacial score (nSPS) is 13.0. The average molecular weight is 284 g/mol. The van der Waals surface area contributed by atoms with Crippen LogP contribution in [0.1, 0.15) is 21.5 Å². The summed E-state index contributed by atoms with van der Waals surface area (Å²) in [6.07, 6.45) is 0. The van der Waals surface area contributed by atoms with Gasteiger partial charge in [-0.25, -0.2) is 4.79 Å². The summed E-state index contributed by atoms with van der Waals surface area (Å²) in [6.45, 7) is 1.11. The van der Waals surface area contributed by atoms with Crippen molar-refractivity contribution in [2.75, 3.05) is 4.90 Å². The van der Waals surface area contributed by atoms with E-state index in [-0.39, 0.29) is 11.3 Å². The molecule has 6 nitrogen and oxygen atoms in total. The van der Waals surface area contributed by atoms with Crippen LogP contribution in [0.3, 0.4) is 0 Å². The second-order valence-electron chi connectivity index (χ2n) is 4.89. The molecule has 0 unspecified atom stereocenters. The van der Waals surface area contributed by atoms with Crippen LogP contribution in [0.25, 0.3) is 0 Å². The number of fused-ring (bicyclic) bond motifs is 1. The Bertz CT molecular complexity index is 717. The Labute approximate surface area is 120 Å². The SMILES string of the molecule is O=C(O)c1ccc([N+](=O)[O-])cc1N1Cc2ccccc2C1. The fourth-order valence-electron chi connectivity index (χ4n) is 2.58. The number of nitrogens with zero attached hydrogens (tertiary/aromatic N) is 2. The third-order valence-corrected chi connectivity index (χ3v) is 3.60. The molecule has 3 rings (SSSR count). The van der Waals surface area contributed by atoms with Crippen molar-refractivity contribution in [1.82, 2.24) is 0 Å². The number of rotatable bonds is 3. The van der Waals surface area contributed by atoms with Crippen LogP contribution in [0.5, 0.6) is 0 Å². The first kappa shape index (κ1) is 13.1. The number of carbonyl (C=O) groups is 1. The lowest BCUT2D eigenvalue weighted by atomic mass is 10.1. The maximum atomic E-state index is 11.3. The number of aromatic carboxylic acids is 1. The monoisotopic (exact) mass is 284 g/mol. The maximum Gasteiger partial charge on any atom is 0.337 e. The number of anilines is 1. The molecule has 0 saturated carbocycles. The summed E-state index contributed by atoms with van der Waals surface area (Å²) in [7, 11) is 0. The highest BCUT2D eigenvalue weighted by atomic mass is 16.6. The highest BCUT2D eigenvalue weighted by molar-refractivity contribution is 5.95. The van der Waals surface area contributed by atoms with E-state index in [2.05, 4.69) is 0 Å². The minimum Gasteiger partial charge on any atom is -0.478 e. The molecule has 0 bridgehead atoms. The summed E-state index contributed by atoms with van der Waals surface area (Å²) in [6, 6.07) is 11.6. The Kier molecular flexibility index (Phi) is 3.06. The van der Waals surface area contributed by atoms with Crippen molar-refractivity contribution in [1.29, 1.82) is 0 Å². The molecule has 0 aromatic heterocycles. The van der Waals surface area contributed by atoms with Crippen LogP contribution in [0.4, 0.5) is 11.4 Å². The molecule has 0 fully saturated rings. The molecule has 0 amide bonds. The molecule has 21 heavy (non-hydrogen) atoms. The number of nitro benzene ring substituents is 1. The predicted octanol–water partition coefficient (Wildman–Crippen LogP) is 2.81. The number of nitro groups is 1. The average Bonchev–Trinajstić information content (AvgIpc) is 2.90. The van der Waals surface area contributed by atoms with Gasteiger partial charge < -0.3 is 10.0 Å². The molecule has 0 saturated heterocycles. The summed E-state index contributed by atoms with van der Waals surface area (Å²) in [5.41, 5.74) is 2.58. The van der Waals surface area contributed by atoms with Gasteiger partial charge in [-0.1, -0.05) is 24.3 Å². The van der Waals surface area contributed by atoms with Gasteiger partial charge in [0.15, 0.2) is 0 Å². The van der Waals surface area contributed by atoms with E-state index in [4.69, 9.17) is 0 Å². The molecule has 2 aromatic carbocycles. The first-order valence-electron chi connectivity index (χ1n) is 6.40. The van der Waals surface area contributed by atoms with E-state index in [0.717, 1.165) is 11.1 Å². The molecule has 6 heteroatoms. The van der Waals surface area contributed by atoms with Gasteiger partial charge in [0.05, 0.1) is 16.2 Å². The van der Waals surface area contributed by atoms with Crippen LogP contribution in [0.2, 0.25) is 0 Å². The number of non-ortho nitro benzene ring substituents is 1. The van der Waals surface area contributed by atoms with Crippen molar-refractivity contribution >= 4 is 17.3 Å². The minimum absolute atomic E-state index is 0.0772. The van der Waals surface area contributed by atoms with Gasteiger partial charge in [-0.3, -0.25) is 10.1 Å². The molecule has 1 N–H and O–H groups in total. The minimum atomic E-state index is -1.09. The molecule has 0 aliphatic carbocycles. The van der Waals surface area contributed by atoms with Gasteiger partial charge >= 0.3 is 5.97 Å². The van der Waals surface area contributed by atoms with Crippen molar-refractivity contribution in [3.63, 3.8) is 0 Å². The van der Waals surface area contributed by atoms with Crippen molar-refractivity contribution < 1.29 is 14.8 Å². The second kappa shape index (κ2) is 4.90. The molecule has 1 aliphatic rings. The second-order valence-corrected chi connectivity index (χ2v) is 4.89. The number of carboxylic acid groups (broad SMARTS) is 1.